The van der Waals surface area contributed by atoms with E-state index in [-0.39, 0.29) is 0 Å². The van der Waals surface area contributed by atoms with E-state index in [9.17, 15) is 0 Å². The predicted molar refractivity (Wildman–Crippen MR) is 87.1 cm³/mol. The van der Waals surface area contributed by atoms with Crippen LogP contribution in [0.3, 0.4) is 0 Å². The van der Waals surface area contributed by atoms with Gasteiger partial charge in [0.2, 0.25) is 0 Å². The normalized spacial score (nSPS) is 11.0. The van der Waals surface area contributed by atoms with Gasteiger partial charge in [-0.05, 0) is 36.4 Å². The van der Waals surface area contributed by atoms with Crippen molar-refractivity contribution in [2.45, 2.75) is 0 Å². The van der Waals surface area contributed by atoms with E-state index in [1.807, 2.05) is 53.1 Å². The van der Waals surface area contributed by atoms with Gasteiger partial charge in [0.1, 0.15) is 11.3 Å². The molecule has 1 aromatic carbocycles. The summed E-state index contributed by atoms with van der Waals surface area (Å²) in [6.07, 6.45) is 5.28. The summed E-state index contributed by atoms with van der Waals surface area (Å²) in [6, 6.07) is 15.3. The van der Waals surface area contributed by atoms with E-state index >= 15 is 0 Å². The molecule has 0 radical (unpaired) electrons. The lowest BCUT2D eigenvalue weighted by molar-refractivity contribution is 1.07. The van der Waals surface area contributed by atoms with Crippen molar-refractivity contribution in [1.29, 1.82) is 0 Å². The molecular weight excluding hydrogens is 296 g/mol. The van der Waals surface area contributed by atoms with E-state index in [0.717, 1.165) is 28.2 Å². The molecule has 4 rings (SSSR count). The van der Waals surface area contributed by atoms with Crippen LogP contribution in [0, 0.1) is 0 Å². The maximum atomic E-state index is 6.38. The third-order valence-electron chi connectivity index (χ3n) is 3.43. The van der Waals surface area contributed by atoms with Crippen LogP contribution in [0.4, 0.5) is 0 Å². The second kappa shape index (κ2) is 5.24. The zero-order valence-corrected chi connectivity index (χ0v) is 12.3. The summed E-state index contributed by atoms with van der Waals surface area (Å²) in [5.74, 6) is 0.773. The molecule has 0 aliphatic rings. The fourth-order valence-corrected chi connectivity index (χ4v) is 2.68. The molecule has 0 saturated heterocycles. The molecule has 0 amide bonds. The quantitative estimate of drug-likeness (QED) is 0.559. The first-order chi connectivity index (χ1) is 10.8. The van der Waals surface area contributed by atoms with Crippen molar-refractivity contribution in [2.24, 2.45) is 0 Å². The Hall–Kier alpha value is -2.72. The van der Waals surface area contributed by atoms with Gasteiger partial charge in [0.25, 0.3) is 0 Å². The van der Waals surface area contributed by atoms with E-state index in [1.54, 1.807) is 18.6 Å². The van der Waals surface area contributed by atoms with E-state index in [2.05, 4.69) is 9.97 Å². The molecular formula is C17H11ClN4. The molecule has 0 aliphatic heterocycles. The van der Waals surface area contributed by atoms with Crippen LogP contribution in [0.25, 0.3) is 28.2 Å². The molecule has 5 heteroatoms. The largest absolute Gasteiger partial charge is 0.275 e. The van der Waals surface area contributed by atoms with Gasteiger partial charge >= 0.3 is 0 Å². The van der Waals surface area contributed by atoms with Crippen LogP contribution in [-0.2, 0) is 0 Å². The number of para-hydroxylation sites is 1. The fourth-order valence-electron chi connectivity index (χ4n) is 2.46. The molecule has 3 aromatic heterocycles. The van der Waals surface area contributed by atoms with E-state index in [1.165, 1.54) is 0 Å². The molecule has 0 fully saturated rings. The van der Waals surface area contributed by atoms with Crippen molar-refractivity contribution in [3.63, 3.8) is 0 Å². The van der Waals surface area contributed by atoms with Crippen molar-refractivity contribution < 1.29 is 0 Å². The van der Waals surface area contributed by atoms with Gasteiger partial charge in [-0.2, -0.15) is 0 Å². The zero-order valence-electron chi connectivity index (χ0n) is 11.5. The first kappa shape index (κ1) is 13.0. The predicted octanol–water partition coefficient (Wildman–Crippen LogP) is 4.14. The Bertz CT molecular complexity index is 947. The van der Waals surface area contributed by atoms with Crippen molar-refractivity contribution >= 4 is 22.8 Å². The number of imidazole rings is 1. The van der Waals surface area contributed by atoms with Crippen molar-refractivity contribution in [2.75, 3.05) is 0 Å². The third kappa shape index (κ3) is 2.05. The van der Waals surface area contributed by atoms with Crippen LogP contribution >= 0.6 is 11.6 Å². The monoisotopic (exact) mass is 306 g/mol. The van der Waals surface area contributed by atoms with Gasteiger partial charge in [-0.15, -0.1) is 0 Å². The lowest BCUT2D eigenvalue weighted by Gasteiger charge is -2.10. The summed E-state index contributed by atoms with van der Waals surface area (Å²) >= 11 is 6.38. The maximum Gasteiger partial charge on any atom is 0.165 e. The minimum atomic E-state index is 0.651. The van der Waals surface area contributed by atoms with Crippen LogP contribution < -0.4 is 0 Å². The van der Waals surface area contributed by atoms with Gasteiger partial charge in [0.05, 0.1) is 10.7 Å². The second-order valence-corrected chi connectivity index (χ2v) is 5.22. The van der Waals surface area contributed by atoms with E-state index in [4.69, 9.17) is 16.6 Å². The molecule has 3 heterocycles. The first-order valence-corrected chi connectivity index (χ1v) is 7.21. The van der Waals surface area contributed by atoms with Crippen LogP contribution in [0.15, 0.2) is 67.1 Å². The molecule has 0 atom stereocenters. The molecule has 0 N–H and O–H groups in total. The Kier molecular flexibility index (Phi) is 3.09. The van der Waals surface area contributed by atoms with Crippen LogP contribution in [-0.4, -0.2) is 19.5 Å². The van der Waals surface area contributed by atoms with Crippen LogP contribution in [0.5, 0.6) is 0 Å². The number of hydrogen-bond donors (Lipinski definition) is 0. The molecule has 22 heavy (non-hydrogen) atoms. The summed E-state index contributed by atoms with van der Waals surface area (Å²) in [5, 5.41) is 0.651. The lowest BCUT2D eigenvalue weighted by atomic mass is 10.2. The highest BCUT2D eigenvalue weighted by Gasteiger charge is 2.16. The van der Waals surface area contributed by atoms with Gasteiger partial charge in [-0.1, -0.05) is 23.7 Å². The summed E-state index contributed by atoms with van der Waals surface area (Å²) in [4.78, 5) is 13.4. The van der Waals surface area contributed by atoms with Crippen molar-refractivity contribution in [1.82, 2.24) is 19.5 Å². The zero-order chi connectivity index (χ0) is 14.9. The second-order valence-electron chi connectivity index (χ2n) is 4.81. The molecule has 4 nitrogen and oxygen atoms in total. The van der Waals surface area contributed by atoms with Gasteiger partial charge < -0.3 is 0 Å². The SMILES string of the molecule is Clc1ccccc1-n1c(-c2cccnc2)nc2cccnc21. The molecule has 0 unspecified atom stereocenters. The number of rotatable bonds is 2. The molecule has 0 aliphatic carbocycles. The number of benzene rings is 1. The minimum absolute atomic E-state index is 0.651. The number of hydrogen-bond acceptors (Lipinski definition) is 3. The fraction of sp³-hybridized carbons (Fsp3) is 0. The third-order valence-corrected chi connectivity index (χ3v) is 3.75. The number of halogens is 1. The smallest absolute Gasteiger partial charge is 0.165 e. The molecule has 4 aromatic rings. The number of nitrogens with zero attached hydrogens (tertiary/aromatic N) is 4. The Labute approximate surface area is 132 Å². The number of aromatic nitrogens is 4. The summed E-state index contributed by atoms with van der Waals surface area (Å²) < 4.78 is 1.97. The summed E-state index contributed by atoms with van der Waals surface area (Å²) in [7, 11) is 0. The van der Waals surface area contributed by atoms with Crippen LogP contribution in [0.2, 0.25) is 5.02 Å². The first-order valence-electron chi connectivity index (χ1n) is 6.83. The van der Waals surface area contributed by atoms with Crippen LogP contribution in [0.1, 0.15) is 0 Å². The highest BCUT2D eigenvalue weighted by atomic mass is 35.5. The van der Waals surface area contributed by atoms with Gasteiger partial charge in [-0.25, -0.2) is 9.97 Å². The maximum absolute atomic E-state index is 6.38. The van der Waals surface area contributed by atoms with E-state index in [0.29, 0.717) is 5.02 Å². The Morgan fingerprint density at radius 1 is 0.909 bits per heavy atom. The highest BCUT2D eigenvalue weighted by Crippen LogP contribution is 2.30. The van der Waals surface area contributed by atoms with Gasteiger partial charge in [0, 0.05) is 24.2 Å². The van der Waals surface area contributed by atoms with E-state index < -0.39 is 0 Å². The summed E-state index contributed by atoms with van der Waals surface area (Å²) in [6.45, 7) is 0. The minimum Gasteiger partial charge on any atom is -0.275 e. The Balaban J connectivity index is 2.10. The van der Waals surface area contributed by atoms with Gasteiger partial charge in [0.15, 0.2) is 5.65 Å². The van der Waals surface area contributed by atoms with Gasteiger partial charge in [-0.3, -0.25) is 9.55 Å². The Morgan fingerprint density at radius 2 is 1.77 bits per heavy atom. The standard InChI is InChI=1S/C17H11ClN4/c18-13-6-1-2-8-15(13)22-16(12-5-3-9-19-11-12)21-14-7-4-10-20-17(14)22/h1-11H. The number of pyridine rings is 2. The average molecular weight is 307 g/mol. The van der Waals surface area contributed by atoms with Crippen molar-refractivity contribution in [3.8, 4) is 17.1 Å². The number of fused-ring (bicyclic) bond motifs is 1. The average Bonchev–Trinajstić information content (AvgIpc) is 2.95. The lowest BCUT2D eigenvalue weighted by Crippen LogP contribution is -1.99. The molecule has 106 valence electrons. The topological polar surface area (TPSA) is 43.6 Å². The summed E-state index contributed by atoms with van der Waals surface area (Å²) in [5.41, 5.74) is 3.36. The highest BCUT2D eigenvalue weighted by molar-refractivity contribution is 6.32. The molecule has 0 bridgehead atoms. The molecule has 0 spiro atoms. The Morgan fingerprint density at radius 3 is 2.59 bits per heavy atom. The van der Waals surface area contributed by atoms with Crippen molar-refractivity contribution in [3.05, 3.63) is 72.1 Å². The molecule has 0 saturated carbocycles.